The summed E-state index contributed by atoms with van der Waals surface area (Å²) in [6.45, 7) is 7.29. The van der Waals surface area contributed by atoms with Gasteiger partial charge in [-0.2, -0.15) is 4.68 Å². The van der Waals surface area contributed by atoms with Crippen molar-refractivity contribution in [2.75, 3.05) is 0 Å². The van der Waals surface area contributed by atoms with Crippen LogP contribution in [-0.4, -0.2) is 38.0 Å². The van der Waals surface area contributed by atoms with Gasteiger partial charge in [0.15, 0.2) is 0 Å². The summed E-state index contributed by atoms with van der Waals surface area (Å²) < 4.78 is 1.04. The fraction of sp³-hybridized carbons (Fsp3) is 0.500. The van der Waals surface area contributed by atoms with Crippen molar-refractivity contribution >= 4 is 22.8 Å². The molecule has 0 fully saturated rings. The molecule has 26 heavy (non-hydrogen) atoms. The molecule has 2 aromatic rings. The zero-order chi connectivity index (χ0) is 19.4. The zero-order valence-corrected chi connectivity index (χ0v) is 15.3. The molecule has 140 valence electrons. The van der Waals surface area contributed by atoms with Gasteiger partial charge < -0.3 is 10.4 Å². The lowest BCUT2D eigenvalue weighted by molar-refractivity contribution is -0.143. The third-order valence-electron chi connectivity index (χ3n) is 4.08. The molecule has 0 bridgehead atoms. The molecule has 8 nitrogen and oxygen atoms in total. The number of nitrogens with one attached hydrogen (secondary N) is 1. The van der Waals surface area contributed by atoms with Crippen LogP contribution in [0.5, 0.6) is 0 Å². The minimum atomic E-state index is -1.11. The lowest BCUT2D eigenvalue weighted by Crippen LogP contribution is -2.48. The lowest BCUT2D eigenvalue weighted by Gasteiger charge is -2.24. The highest BCUT2D eigenvalue weighted by molar-refractivity contribution is 5.86. The molecule has 1 amide bonds. The summed E-state index contributed by atoms with van der Waals surface area (Å²) in [6.07, 6.45) is 0.296. The van der Waals surface area contributed by atoms with E-state index in [1.807, 2.05) is 13.8 Å². The molecule has 0 unspecified atom stereocenters. The molecule has 0 aliphatic rings. The van der Waals surface area contributed by atoms with Gasteiger partial charge >= 0.3 is 5.97 Å². The standard InChI is InChI=1S/C18H24N4O4/c1-10(2)9-14(18(25)26)19-16(23)15(11(3)4)22-17(24)12-7-5-6-8-13(12)20-21-22/h5-8,10-11,14-15H,9H2,1-4H3,(H,19,23)(H,25,26)/t14-,15-/m0/s1. The van der Waals surface area contributed by atoms with E-state index in [2.05, 4.69) is 15.6 Å². The van der Waals surface area contributed by atoms with Gasteiger partial charge in [0, 0.05) is 0 Å². The first kappa shape index (κ1) is 19.6. The number of hydrogen-bond acceptors (Lipinski definition) is 5. The predicted molar refractivity (Wildman–Crippen MR) is 96.7 cm³/mol. The number of amides is 1. The van der Waals surface area contributed by atoms with Gasteiger partial charge in [-0.3, -0.25) is 9.59 Å². The summed E-state index contributed by atoms with van der Waals surface area (Å²) in [6, 6.07) is 4.78. The number of hydrogen-bond donors (Lipinski definition) is 2. The Morgan fingerprint density at radius 2 is 1.85 bits per heavy atom. The molecular formula is C18H24N4O4. The number of nitrogens with zero attached hydrogens (tertiary/aromatic N) is 3. The second-order valence-electron chi connectivity index (χ2n) is 7.07. The SMILES string of the molecule is CC(C)C[C@H](NC(=O)[C@H](C(C)C)n1nnc2ccccc2c1=O)C(=O)O. The van der Waals surface area contributed by atoms with Crippen LogP contribution < -0.4 is 10.9 Å². The first-order chi connectivity index (χ1) is 12.2. The van der Waals surface area contributed by atoms with Crippen molar-refractivity contribution in [3.63, 3.8) is 0 Å². The minimum absolute atomic E-state index is 0.0945. The Labute approximate surface area is 151 Å². The maximum atomic E-state index is 12.8. The van der Waals surface area contributed by atoms with Gasteiger partial charge in [-0.1, -0.05) is 45.0 Å². The Hall–Kier alpha value is -2.77. The van der Waals surface area contributed by atoms with Crippen LogP contribution in [0.1, 0.15) is 40.2 Å². The molecule has 0 saturated carbocycles. The largest absolute Gasteiger partial charge is 0.480 e. The maximum Gasteiger partial charge on any atom is 0.326 e. The molecule has 1 aromatic heterocycles. The van der Waals surface area contributed by atoms with Crippen molar-refractivity contribution in [1.82, 2.24) is 20.3 Å². The number of carbonyl (C=O) groups excluding carboxylic acids is 1. The molecule has 2 rings (SSSR count). The van der Waals surface area contributed by atoms with Crippen molar-refractivity contribution in [1.29, 1.82) is 0 Å². The molecule has 1 heterocycles. The Kier molecular flexibility index (Phi) is 6.07. The van der Waals surface area contributed by atoms with Crippen LogP contribution in [0.2, 0.25) is 0 Å². The summed E-state index contributed by atoms with van der Waals surface area (Å²) in [7, 11) is 0. The molecule has 0 aliphatic heterocycles. The molecule has 2 N–H and O–H groups in total. The van der Waals surface area contributed by atoms with Crippen LogP contribution in [0.25, 0.3) is 10.9 Å². The highest BCUT2D eigenvalue weighted by Gasteiger charge is 2.31. The molecule has 0 radical (unpaired) electrons. The Bertz CT molecular complexity index is 860. The van der Waals surface area contributed by atoms with Gasteiger partial charge in [-0.25, -0.2) is 4.79 Å². The Morgan fingerprint density at radius 1 is 1.19 bits per heavy atom. The van der Waals surface area contributed by atoms with E-state index < -0.39 is 29.5 Å². The molecule has 0 saturated heterocycles. The van der Waals surface area contributed by atoms with E-state index in [9.17, 15) is 19.5 Å². The fourth-order valence-electron chi connectivity index (χ4n) is 2.83. The van der Waals surface area contributed by atoms with Gasteiger partial charge in [0.05, 0.1) is 5.39 Å². The van der Waals surface area contributed by atoms with Crippen LogP contribution in [-0.2, 0) is 9.59 Å². The maximum absolute atomic E-state index is 12.8. The molecule has 0 spiro atoms. The van der Waals surface area contributed by atoms with Crippen LogP contribution in [0.4, 0.5) is 0 Å². The number of aliphatic carboxylic acids is 1. The lowest BCUT2D eigenvalue weighted by atomic mass is 10.0. The highest BCUT2D eigenvalue weighted by Crippen LogP contribution is 2.17. The second-order valence-corrected chi connectivity index (χ2v) is 7.07. The molecule has 0 aliphatic carbocycles. The number of carboxylic acid groups (broad SMARTS) is 1. The van der Waals surface area contributed by atoms with Crippen molar-refractivity contribution in [3.05, 3.63) is 34.6 Å². The number of carbonyl (C=O) groups is 2. The fourth-order valence-corrected chi connectivity index (χ4v) is 2.83. The van der Waals surface area contributed by atoms with E-state index in [1.165, 1.54) is 0 Å². The van der Waals surface area contributed by atoms with Gasteiger partial charge in [0.1, 0.15) is 17.6 Å². The Balaban J connectivity index is 2.40. The average molecular weight is 360 g/mol. The first-order valence-corrected chi connectivity index (χ1v) is 8.59. The van der Waals surface area contributed by atoms with E-state index in [0.717, 1.165) is 4.68 Å². The van der Waals surface area contributed by atoms with Crippen molar-refractivity contribution in [2.45, 2.75) is 46.2 Å². The summed E-state index contributed by atoms with van der Waals surface area (Å²) in [5.74, 6) is -1.85. The minimum Gasteiger partial charge on any atom is -0.480 e. The summed E-state index contributed by atoms with van der Waals surface area (Å²) >= 11 is 0. The normalized spacial score (nSPS) is 13.8. The van der Waals surface area contributed by atoms with Gasteiger partial charge in [0.25, 0.3) is 5.56 Å². The number of aromatic nitrogens is 3. The third kappa shape index (κ3) is 4.25. The van der Waals surface area contributed by atoms with Gasteiger partial charge in [0.2, 0.25) is 5.91 Å². The molecular weight excluding hydrogens is 336 g/mol. The topological polar surface area (TPSA) is 114 Å². The quantitative estimate of drug-likeness (QED) is 0.775. The van der Waals surface area contributed by atoms with E-state index in [-0.39, 0.29) is 11.8 Å². The van der Waals surface area contributed by atoms with Crippen LogP contribution in [0.15, 0.2) is 29.1 Å². The molecule has 2 atom stereocenters. The second kappa shape index (κ2) is 8.07. The summed E-state index contributed by atoms with van der Waals surface area (Å²) in [5.41, 5.74) is 0.0140. The Morgan fingerprint density at radius 3 is 2.42 bits per heavy atom. The predicted octanol–water partition coefficient (Wildman–Crippen LogP) is 1.60. The van der Waals surface area contributed by atoms with Crippen LogP contribution in [0.3, 0.4) is 0 Å². The molecule has 1 aromatic carbocycles. The number of carboxylic acids is 1. The van der Waals surface area contributed by atoms with Crippen molar-refractivity contribution in [3.8, 4) is 0 Å². The van der Waals surface area contributed by atoms with Gasteiger partial charge in [-0.15, -0.1) is 5.10 Å². The average Bonchev–Trinajstić information content (AvgIpc) is 2.56. The van der Waals surface area contributed by atoms with E-state index >= 15 is 0 Å². The number of rotatable bonds is 7. The van der Waals surface area contributed by atoms with Crippen LogP contribution >= 0.6 is 0 Å². The van der Waals surface area contributed by atoms with E-state index in [1.54, 1.807) is 38.1 Å². The van der Waals surface area contributed by atoms with Crippen molar-refractivity contribution < 1.29 is 14.7 Å². The van der Waals surface area contributed by atoms with Crippen molar-refractivity contribution in [2.24, 2.45) is 11.8 Å². The van der Waals surface area contributed by atoms with Crippen LogP contribution in [0, 0.1) is 11.8 Å². The number of fused-ring (bicyclic) bond motifs is 1. The third-order valence-corrected chi connectivity index (χ3v) is 4.08. The van der Waals surface area contributed by atoms with E-state index in [0.29, 0.717) is 17.3 Å². The number of benzene rings is 1. The highest BCUT2D eigenvalue weighted by atomic mass is 16.4. The molecule has 8 heteroatoms. The summed E-state index contributed by atoms with van der Waals surface area (Å²) in [5, 5.41) is 20.2. The van der Waals surface area contributed by atoms with Gasteiger partial charge in [-0.05, 0) is 30.4 Å². The zero-order valence-electron chi connectivity index (χ0n) is 15.3. The summed E-state index contributed by atoms with van der Waals surface area (Å²) in [4.78, 5) is 36.9. The first-order valence-electron chi connectivity index (χ1n) is 8.59. The monoisotopic (exact) mass is 360 g/mol. The van der Waals surface area contributed by atoms with E-state index in [4.69, 9.17) is 0 Å². The smallest absolute Gasteiger partial charge is 0.326 e.